The topological polar surface area (TPSA) is 34.5 Å². The number of benzene rings is 4. The average Bonchev–Trinajstić information content (AvgIpc) is 3.41. The SMILES string of the molecule is [C-]#[N+]c1ccc(-c2ccc(-c3ccc(-c4c(-c5ccccn5)nc5ccccn45)cc3)c3ccccc23)cc1. The predicted octanol–water partition coefficient (Wildman–Crippen LogP) is 9.10. The zero-order valence-corrected chi connectivity index (χ0v) is 21.0. The highest BCUT2D eigenvalue weighted by Gasteiger charge is 2.17. The molecular formula is C35H22N4. The third-order valence-electron chi connectivity index (χ3n) is 7.14. The lowest BCUT2D eigenvalue weighted by Crippen LogP contribution is -1.91. The summed E-state index contributed by atoms with van der Waals surface area (Å²) >= 11 is 0. The maximum Gasteiger partial charge on any atom is 0.187 e. The number of rotatable bonds is 4. The standard InChI is InChI=1S/C35H22N4/c1-36-27-18-16-25(17-19-27)29-21-20-28(30-8-2-3-9-31(29)30)24-12-14-26(15-13-24)35-34(32-10-4-6-22-37-32)38-33-11-5-7-23-39(33)35/h2-23H. The van der Waals surface area contributed by atoms with E-state index in [1.54, 1.807) is 6.20 Å². The highest BCUT2D eigenvalue weighted by molar-refractivity contribution is 6.05. The molecule has 182 valence electrons. The van der Waals surface area contributed by atoms with Gasteiger partial charge in [0.15, 0.2) is 5.69 Å². The van der Waals surface area contributed by atoms with Gasteiger partial charge in [-0.25, -0.2) is 9.83 Å². The Morgan fingerprint density at radius 1 is 0.590 bits per heavy atom. The summed E-state index contributed by atoms with van der Waals surface area (Å²) in [5.74, 6) is 0. The van der Waals surface area contributed by atoms with Crippen LogP contribution in [0.15, 0.2) is 134 Å². The molecule has 7 rings (SSSR count). The molecule has 0 unspecified atom stereocenters. The first-order valence-electron chi connectivity index (χ1n) is 12.8. The fraction of sp³-hybridized carbons (Fsp3) is 0. The van der Waals surface area contributed by atoms with Crippen LogP contribution in [-0.4, -0.2) is 14.4 Å². The van der Waals surface area contributed by atoms with Crippen molar-refractivity contribution in [2.45, 2.75) is 0 Å². The lowest BCUT2D eigenvalue weighted by Gasteiger charge is -2.13. The van der Waals surface area contributed by atoms with Gasteiger partial charge < -0.3 is 0 Å². The first-order chi connectivity index (χ1) is 19.3. The van der Waals surface area contributed by atoms with E-state index in [1.807, 2.05) is 60.7 Å². The summed E-state index contributed by atoms with van der Waals surface area (Å²) in [7, 11) is 0. The van der Waals surface area contributed by atoms with Crippen molar-refractivity contribution in [2.24, 2.45) is 0 Å². The Morgan fingerprint density at radius 2 is 1.21 bits per heavy atom. The van der Waals surface area contributed by atoms with E-state index in [0.717, 1.165) is 45.0 Å². The molecule has 4 nitrogen and oxygen atoms in total. The van der Waals surface area contributed by atoms with Gasteiger partial charge in [-0.1, -0.05) is 97.1 Å². The molecular weight excluding hydrogens is 476 g/mol. The smallest absolute Gasteiger partial charge is 0.187 e. The fourth-order valence-corrected chi connectivity index (χ4v) is 5.28. The van der Waals surface area contributed by atoms with Crippen molar-refractivity contribution in [2.75, 3.05) is 0 Å². The molecule has 0 atom stereocenters. The monoisotopic (exact) mass is 498 g/mol. The Kier molecular flexibility index (Phi) is 5.46. The summed E-state index contributed by atoms with van der Waals surface area (Å²) in [5, 5.41) is 2.38. The third kappa shape index (κ3) is 3.94. The van der Waals surface area contributed by atoms with Crippen LogP contribution in [0, 0.1) is 6.57 Å². The highest BCUT2D eigenvalue weighted by Crippen LogP contribution is 2.38. The molecule has 0 saturated carbocycles. The molecule has 7 aromatic rings. The van der Waals surface area contributed by atoms with E-state index in [0.29, 0.717) is 5.69 Å². The van der Waals surface area contributed by atoms with Gasteiger partial charge in [-0.15, -0.1) is 0 Å². The number of pyridine rings is 2. The van der Waals surface area contributed by atoms with Gasteiger partial charge in [0, 0.05) is 18.0 Å². The van der Waals surface area contributed by atoms with Crippen LogP contribution in [0.4, 0.5) is 5.69 Å². The Morgan fingerprint density at radius 3 is 1.85 bits per heavy atom. The van der Waals surface area contributed by atoms with E-state index >= 15 is 0 Å². The van der Waals surface area contributed by atoms with Crippen molar-refractivity contribution in [1.29, 1.82) is 0 Å². The van der Waals surface area contributed by atoms with E-state index in [2.05, 4.69) is 81.1 Å². The lowest BCUT2D eigenvalue weighted by molar-refractivity contribution is 1.19. The van der Waals surface area contributed by atoms with Gasteiger partial charge in [-0.05, 0) is 57.3 Å². The van der Waals surface area contributed by atoms with E-state index in [1.165, 1.54) is 16.3 Å². The van der Waals surface area contributed by atoms with E-state index in [-0.39, 0.29) is 0 Å². The van der Waals surface area contributed by atoms with Crippen molar-refractivity contribution in [3.63, 3.8) is 0 Å². The summed E-state index contributed by atoms with van der Waals surface area (Å²) in [6, 6.07) is 41.4. The molecule has 3 heterocycles. The minimum absolute atomic E-state index is 0.650. The first kappa shape index (κ1) is 22.7. The van der Waals surface area contributed by atoms with Gasteiger partial charge in [-0.3, -0.25) is 9.38 Å². The average molecular weight is 499 g/mol. The molecule has 3 aromatic heterocycles. The van der Waals surface area contributed by atoms with Gasteiger partial charge in [-0.2, -0.15) is 0 Å². The predicted molar refractivity (Wildman–Crippen MR) is 158 cm³/mol. The Hall–Kier alpha value is -5.53. The number of imidazole rings is 1. The minimum Gasteiger partial charge on any atom is -0.299 e. The number of fused-ring (bicyclic) bond motifs is 2. The molecule has 0 aliphatic carbocycles. The molecule has 0 aliphatic rings. The van der Waals surface area contributed by atoms with Crippen LogP contribution in [0.25, 0.3) is 66.2 Å². The maximum atomic E-state index is 7.25. The van der Waals surface area contributed by atoms with Crippen molar-refractivity contribution in [3.8, 4) is 44.9 Å². The quantitative estimate of drug-likeness (QED) is 0.227. The van der Waals surface area contributed by atoms with Crippen molar-refractivity contribution in [1.82, 2.24) is 14.4 Å². The van der Waals surface area contributed by atoms with Crippen molar-refractivity contribution >= 4 is 22.1 Å². The van der Waals surface area contributed by atoms with Gasteiger partial charge in [0.1, 0.15) is 11.3 Å². The first-order valence-corrected chi connectivity index (χ1v) is 12.8. The summed E-state index contributed by atoms with van der Waals surface area (Å²) < 4.78 is 2.13. The number of aromatic nitrogens is 3. The van der Waals surface area contributed by atoms with Crippen LogP contribution < -0.4 is 0 Å². The molecule has 4 heteroatoms. The highest BCUT2D eigenvalue weighted by atomic mass is 15.0. The molecule has 0 amide bonds. The second kappa shape index (κ2) is 9.41. The lowest BCUT2D eigenvalue weighted by atomic mass is 9.91. The van der Waals surface area contributed by atoms with Crippen molar-refractivity contribution in [3.05, 3.63) is 145 Å². The van der Waals surface area contributed by atoms with Crippen LogP contribution >= 0.6 is 0 Å². The summed E-state index contributed by atoms with van der Waals surface area (Å²) in [6.07, 6.45) is 3.86. The number of hydrogen-bond acceptors (Lipinski definition) is 2. The second-order valence-corrected chi connectivity index (χ2v) is 9.40. The van der Waals surface area contributed by atoms with Crippen LogP contribution in [0.1, 0.15) is 0 Å². The van der Waals surface area contributed by atoms with Crippen LogP contribution in [-0.2, 0) is 0 Å². The van der Waals surface area contributed by atoms with Gasteiger partial charge in [0.2, 0.25) is 0 Å². The van der Waals surface area contributed by atoms with E-state index in [9.17, 15) is 0 Å². The third-order valence-corrected chi connectivity index (χ3v) is 7.14. The molecule has 0 N–H and O–H groups in total. The molecule has 0 radical (unpaired) electrons. The Labute approximate surface area is 226 Å². The summed E-state index contributed by atoms with van der Waals surface area (Å²) in [4.78, 5) is 13.0. The number of nitrogens with zero attached hydrogens (tertiary/aromatic N) is 4. The summed E-state index contributed by atoms with van der Waals surface area (Å²) in [5.41, 5.74) is 9.97. The van der Waals surface area contributed by atoms with Crippen LogP contribution in [0.5, 0.6) is 0 Å². The maximum absolute atomic E-state index is 7.25. The zero-order chi connectivity index (χ0) is 26.2. The molecule has 4 aromatic carbocycles. The molecule has 0 fully saturated rings. The summed E-state index contributed by atoms with van der Waals surface area (Å²) in [6.45, 7) is 7.25. The molecule has 0 spiro atoms. The minimum atomic E-state index is 0.650. The van der Waals surface area contributed by atoms with Gasteiger partial charge in [0.05, 0.1) is 18.0 Å². The van der Waals surface area contributed by atoms with Crippen LogP contribution in [0.2, 0.25) is 0 Å². The van der Waals surface area contributed by atoms with Crippen LogP contribution in [0.3, 0.4) is 0 Å². The fourth-order valence-electron chi connectivity index (χ4n) is 5.28. The van der Waals surface area contributed by atoms with Crippen molar-refractivity contribution < 1.29 is 0 Å². The number of hydrogen-bond donors (Lipinski definition) is 0. The zero-order valence-electron chi connectivity index (χ0n) is 21.0. The molecule has 39 heavy (non-hydrogen) atoms. The van der Waals surface area contributed by atoms with Gasteiger partial charge >= 0.3 is 0 Å². The molecule has 0 saturated heterocycles. The Bertz CT molecular complexity index is 2000. The molecule has 0 aliphatic heterocycles. The normalized spacial score (nSPS) is 11.1. The molecule has 0 bridgehead atoms. The largest absolute Gasteiger partial charge is 0.299 e. The van der Waals surface area contributed by atoms with Gasteiger partial charge in [0.25, 0.3) is 0 Å². The second-order valence-electron chi connectivity index (χ2n) is 9.40. The van der Waals surface area contributed by atoms with E-state index in [4.69, 9.17) is 11.6 Å². The Balaban J connectivity index is 1.34. The van der Waals surface area contributed by atoms with E-state index < -0.39 is 0 Å².